The fourth-order valence-electron chi connectivity index (χ4n) is 3.15. The highest BCUT2D eigenvalue weighted by Crippen LogP contribution is 2.26. The van der Waals surface area contributed by atoms with Crippen molar-refractivity contribution in [1.29, 1.82) is 0 Å². The van der Waals surface area contributed by atoms with Gasteiger partial charge in [0.05, 0.1) is 6.61 Å². The zero-order valence-corrected chi connectivity index (χ0v) is 14.2. The number of halogens is 1. The quantitative estimate of drug-likeness (QED) is 0.829. The molecule has 0 radical (unpaired) electrons. The first kappa shape index (κ1) is 16.4. The normalized spacial score (nSPS) is 17.9. The highest BCUT2D eigenvalue weighted by atomic mass is 35.5. The van der Waals surface area contributed by atoms with E-state index in [0.717, 1.165) is 54.8 Å². The lowest BCUT2D eigenvalue weighted by Crippen LogP contribution is -2.30. The highest BCUT2D eigenvalue weighted by molar-refractivity contribution is 6.30. The molecule has 1 fully saturated rings. The highest BCUT2D eigenvalue weighted by Gasteiger charge is 2.13. The van der Waals surface area contributed by atoms with Crippen molar-refractivity contribution in [2.24, 2.45) is 5.92 Å². The van der Waals surface area contributed by atoms with Crippen LogP contribution < -0.4 is 10.1 Å². The Morgan fingerprint density at radius 1 is 1.13 bits per heavy atom. The predicted molar refractivity (Wildman–Crippen MR) is 96.4 cm³/mol. The van der Waals surface area contributed by atoms with Crippen LogP contribution in [-0.4, -0.2) is 19.7 Å². The minimum absolute atomic E-state index is 0.744. The molecule has 3 rings (SSSR count). The topological polar surface area (TPSA) is 21.3 Å². The van der Waals surface area contributed by atoms with E-state index in [9.17, 15) is 0 Å². The van der Waals surface area contributed by atoms with Gasteiger partial charge in [0.2, 0.25) is 0 Å². The van der Waals surface area contributed by atoms with E-state index in [1.165, 1.54) is 18.4 Å². The molecule has 1 N–H and O–H groups in total. The van der Waals surface area contributed by atoms with E-state index >= 15 is 0 Å². The van der Waals surface area contributed by atoms with Crippen molar-refractivity contribution < 1.29 is 4.74 Å². The van der Waals surface area contributed by atoms with E-state index in [-0.39, 0.29) is 0 Å². The smallest absolute Gasteiger partial charge is 0.122 e. The van der Waals surface area contributed by atoms with Gasteiger partial charge in [-0.05, 0) is 67.6 Å². The van der Waals surface area contributed by atoms with Gasteiger partial charge in [-0.3, -0.25) is 0 Å². The van der Waals surface area contributed by atoms with Crippen LogP contribution in [0.3, 0.4) is 0 Å². The Morgan fingerprint density at radius 2 is 2.00 bits per heavy atom. The van der Waals surface area contributed by atoms with Gasteiger partial charge < -0.3 is 10.1 Å². The zero-order chi connectivity index (χ0) is 15.9. The fraction of sp³-hybridized carbons (Fsp3) is 0.400. The van der Waals surface area contributed by atoms with Crippen molar-refractivity contribution in [3.63, 3.8) is 0 Å². The van der Waals surface area contributed by atoms with Gasteiger partial charge in [-0.2, -0.15) is 0 Å². The van der Waals surface area contributed by atoms with Crippen LogP contribution in [0.15, 0.2) is 48.5 Å². The average molecular weight is 330 g/mol. The first-order chi connectivity index (χ1) is 11.3. The molecule has 1 aliphatic heterocycles. The van der Waals surface area contributed by atoms with E-state index in [2.05, 4.69) is 29.6 Å². The third-order valence-corrected chi connectivity index (χ3v) is 4.68. The average Bonchev–Trinajstić information content (AvgIpc) is 2.59. The monoisotopic (exact) mass is 329 g/mol. The molecule has 0 bridgehead atoms. The van der Waals surface area contributed by atoms with Crippen molar-refractivity contribution >= 4 is 11.6 Å². The van der Waals surface area contributed by atoms with Crippen molar-refractivity contribution in [2.45, 2.75) is 25.7 Å². The zero-order valence-electron chi connectivity index (χ0n) is 13.4. The van der Waals surface area contributed by atoms with E-state index in [4.69, 9.17) is 16.3 Å². The van der Waals surface area contributed by atoms with Crippen molar-refractivity contribution in [3.8, 4) is 5.75 Å². The molecule has 2 nitrogen and oxygen atoms in total. The van der Waals surface area contributed by atoms with Gasteiger partial charge in [0, 0.05) is 11.4 Å². The third kappa shape index (κ3) is 4.98. The van der Waals surface area contributed by atoms with Crippen LogP contribution in [0, 0.1) is 5.92 Å². The molecule has 0 spiro atoms. The molecule has 0 aromatic heterocycles. The molecule has 1 atom stereocenters. The van der Waals surface area contributed by atoms with Gasteiger partial charge in [-0.1, -0.05) is 41.9 Å². The molecule has 0 saturated carbocycles. The third-order valence-electron chi connectivity index (χ3n) is 4.44. The van der Waals surface area contributed by atoms with Gasteiger partial charge in [-0.15, -0.1) is 0 Å². The maximum absolute atomic E-state index is 6.18. The van der Waals surface area contributed by atoms with E-state index < -0.39 is 0 Å². The summed E-state index contributed by atoms with van der Waals surface area (Å²) < 4.78 is 6.08. The molecule has 2 aromatic carbocycles. The number of rotatable bonds is 6. The SMILES string of the molecule is Clc1ccc(OCCC2CCCNC2)c(Cc2ccccc2)c1. The summed E-state index contributed by atoms with van der Waals surface area (Å²) in [6, 6.07) is 16.4. The van der Waals surface area contributed by atoms with Crippen LogP contribution in [0.2, 0.25) is 5.02 Å². The second kappa shape index (κ2) is 8.37. The second-order valence-electron chi connectivity index (χ2n) is 6.26. The summed E-state index contributed by atoms with van der Waals surface area (Å²) in [7, 11) is 0. The Morgan fingerprint density at radius 3 is 2.78 bits per heavy atom. The fourth-order valence-corrected chi connectivity index (χ4v) is 3.34. The molecule has 0 aliphatic carbocycles. The maximum atomic E-state index is 6.18. The molecule has 23 heavy (non-hydrogen) atoms. The summed E-state index contributed by atoms with van der Waals surface area (Å²) in [5.41, 5.74) is 2.43. The van der Waals surface area contributed by atoms with Crippen LogP contribution >= 0.6 is 11.6 Å². The summed E-state index contributed by atoms with van der Waals surface area (Å²) >= 11 is 6.18. The van der Waals surface area contributed by atoms with Gasteiger partial charge in [0.1, 0.15) is 5.75 Å². The lowest BCUT2D eigenvalue weighted by Gasteiger charge is -2.23. The number of hydrogen-bond donors (Lipinski definition) is 1. The van der Waals surface area contributed by atoms with Crippen LogP contribution in [0.25, 0.3) is 0 Å². The first-order valence-electron chi connectivity index (χ1n) is 8.47. The van der Waals surface area contributed by atoms with Gasteiger partial charge in [-0.25, -0.2) is 0 Å². The summed E-state index contributed by atoms with van der Waals surface area (Å²) in [6.07, 6.45) is 4.56. The molecule has 3 heteroatoms. The molecule has 1 aliphatic rings. The summed E-state index contributed by atoms with van der Waals surface area (Å²) in [5, 5.41) is 4.23. The Kier molecular flexibility index (Phi) is 5.95. The largest absolute Gasteiger partial charge is 0.493 e. The molecular weight excluding hydrogens is 306 g/mol. The van der Waals surface area contributed by atoms with Crippen molar-refractivity contribution in [3.05, 3.63) is 64.7 Å². The lowest BCUT2D eigenvalue weighted by molar-refractivity contribution is 0.252. The molecule has 1 unspecified atom stereocenters. The maximum Gasteiger partial charge on any atom is 0.122 e. The van der Waals surface area contributed by atoms with Crippen molar-refractivity contribution in [1.82, 2.24) is 5.32 Å². The van der Waals surface area contributed by atoms with Gasteiger partial charge in [0.25, 0.3) is 0 Å². The molecule has 2 aromatic rings. The van der Waals surface area contributed by atoms with E-state index in [1.807, 2.05) is 24.3 Å². The number of hydrogen-bond acceptors (Lipinski definition) is 2. The molecule has 0 amide bonds. The Hall–Kier alpha value is -1.51. The molecular formula is C20H24ClNO. The Balaban J connectivity index is 1.61. The van der Waals surface area contributed by atoms with Crippen LogP contribution in [-0.2, 0) is 6.42 Å². The second-order valence-corrected chi connectivity index (χ2v) is 6.70. The lowest BCUT2D eigenvalue weighted by atomic mass is 9.97. The molecule has 1 heterocycles. The minimum atomic E-state index is 0.744. The van der Waals surface area contributed by atoms with Crippen LogP contribution in [0.1, 0.15) is 30.4 Å². The summed E-state index contributed by atoms with van der Waals surface area (Å²) in [5.74, 6) is 1.70. The van der Waals surface area contributed by atoms with Crippen molar-refractivity contribution in [2.75, 3.05) is 19.7 Å². The number of benzene rings is 2. The van der Waals surface area contributed by atoms with Gasteiger partial charge >= 0.3 is 0 Å². The standard InChI is InChI=1S/C20H24ClNO/c21-19-8-9-20(23-12-10-17-7-4-11-22-15-17)18(14-19)13-16-5-2-1-3-6-16/h1-3,5-6,8-9,14,17,22H,4,7,10-13,15H2. The summed E-state index contributed by atoms with van der Waals surface area (Å²) in [4.78, 5) is 0. The van der Waals surface area contributed by atoms with Gasteiger partial charge in [0.15, 0.2) is 0 Å². The number of piperidine rings is 1. The minimum Gasteiger partial charge on any atom is -0.493 e. The van der Waals surface area contributed by atoms with E-state index in [0.29, 0.717) is 0 Å². The first-order valence-corrected chi connectivity index (χ1v) is 8.85. The number of ether oxygens (including phenoxy) is 1. The molecule has 1 saturated heterocycles. The Labute approximate surface area is 143 Å². The predicted octanol–water partition coefficient (Wildman–Crippen LogP) is 4.70. The number of nitrogens with one attached hydrogen (secondary N) is 1. The van der Waals surface area contributed by atoms with E-state index in [1.54, 1.807) is 0 Å². The molecule has 122 valence electrons. The van der Waals surface area contributed by atoms with Crippen LogP contribution in [0.5, 0.6) is 5.75 Å². The van der Waals surface area contributed by atoms with Crippen LogP contribution in [0.4, 0.5) is 0 Å². The Bertz CT molecular complexity index is 608. The summed E-state index contributed by atoms with van der Waals surface area (Å²) in [6.45, 7) is 3.06.